The number of piperazine rings is 1. The largest absolute Gasteiger partial charge is 0.338 e. The molecule has 7 heteroatoms. The number of aryl methyl sites for hydroxylation is 1. The topological polar surface area (TPSA) is 50.1 Å². The highest BCUT2D eigenvalue weighted by molar-refractivity contribution is 6.30. The predicted molar refractivity (Wildman–Crippen MR) is 107 cm³/mol. The zero-order chi connectivity index (χ0) is 18.6. The highest BCUT2D eigenvalue weighted by atomic mass is 35.5. The van der Waals surface area contributed by atoms with Crippen molar-refractivity contribution in [1.82, 2.24) is 24.6 Å². The maximum atomic E-state index is 6.67. The molecule has 3 aromatic rings. The summed E-state index contributed by atoms with van der Waals surface area (Å²) < 4.78 is 1.90. The van der Waals surface area contributed by atoms with E-state index in [1.165, 1.54) is 5.56 Å². The molecule has 0 saturated carbocycles. The highest BCUT2D eigenvalue weighted by Crippen LogP contribution is 2.23. The molecule has 140 valence electrons. The summed E-state index contributed by atoms with van der Waals surface area (Å²) in [5.41, 5.74) is 3.33. The zero-order valence-electron chi connectivity index (χ0n) is 15.4. The Morgan fingerprint density at radius 3 is 2.33 bits per heavy atom. The molecule has 3 heterocycles. The van der Waals surface area contributed by atoms with Crippen molar-refractivity contribution >= 4 is 17.5 Å². The van der Waals surface area contributed by atoms with Crippen LogP contribution in [0.1, 0.15) is 16.8 Å². The van der Waals surface area contributed by atoms with E-state index in [0.29, 0.717) is 6.54 Å². The molecule has 6 nitrogen and oxygen atoms in total. The lowest BCUT2D eigenvalue weighted by Crippen LogP contribution is -2.46. The second-order valence-electron chi connectivity index (χ2n) is 6.81. The summed E-state index contributed by atoms with van der Waals surface area (Å²) >= 11 is 6.67. The molecule has 1 aromatic carbocycles. The van der Waals surface area contributed by atoms with E-state index in [1.807, 2.05) is 35.9 Å². The van der Waals surface area contributed by atoms with E-state index in [-0.39, 0.29) is 0 Å². The SMILES string of the molecule is Cc1nn(Cc2ccccc2)c(Cl)c1CN1CCN(c2ncccn2)CC1. The Bertz CT molecular complexity index is 872. The lowest BCUT2D eigenvalue weighted by molar-refractivity contribution is 0.248. The Labute approximate surface area is 164 Å². The number of benzene rings is 1. The predicted octanol–water partition coefficient (Wildman–Crippen LogP) is 3.01. The Balaban J connectivity index is 1.40. The number of hydrogen-bond donors (Lipinski definition) is 0. The summed E-state index contributed by atoms with van der Waals surface area (Å²) in [5.74, 6) is 0.807. The molecule has 0 spiro atoms. The standard InChI is InChI=1S/C20H23ClN6/c1-16-18(19(21)27(24-16)14-17-6-3-2-4-7-17)15-25-10-12-26(13-11-25)20-22-8-5-9-23-20/h2-9H,10-15H2,1H3. The van der Waals surface area contributed by atoms with Crippen LogP contribution < -0.4 is 4.90 Å². The molecule has 0 radical (unpaired) electrons. The minimum absolute atomic E-state index is 0.694. The Morgan fingerprint density at radius 1 is 0.926 bits per heavy atom. The van der Waals surface area contributed by atoms with Gasteiger partial charge in [-0.15, -0.1) is 0 Å². The van der Waals surface area contributed by atoms with Crippen LogP contribution in [0.25, 0.3) is 0 Å². The average Bonchev–Trinajstić information content (AvgIpc) is 2.97. The van der Waals surface area contributed by atoms with E-state index in [4.69, 9.17) is 11.6 Å². The van der Waals surface area contributed by atoms with Crippen molar-refractivity contribution in [3.63, 3.8) is 0 Å². The molecule has 0 atom stereocenters. The molecule has 4 rings (SSSR count). The average molecular weight is 383 g/mol. The Hall–Kier alpha value is -2.44. The third-order valence-electron chi connectivity index (χ3n) is 4.95. The first-order chi connectivity index (χ1) is 13.2. The van der Waals surface area contributed by atoms with Crippen LogP contribution in [0, 0.1) is 6.92 Å². The van der Waals surface area contributed by atoms with Crippen molar-refractivity contribution in [2.75, 3.05) is 31.1 Å². The first-order valence-electron chi connectivity index (χ1n) is 9.21. The second kappa shape index (κ2) is 8.06. The highest BCUT2D eigenvalue weighted by Gasteiger charge is 2.22. The van der Waals surface area contributed by atoms with Gasteiger partial charge in [-0.1, -0.05) is 41.9 Å². The van der Waals surface area contributed by atoms with Crippen LogP contribution in [-0.2, 0) is 13.1 Å². The number of aromatic nitrogens is 4. The number of nitrogens with zero attached hydrogens (tertiary/aromatic N) is 6. The van der Waals surface area contributed by atoms with E-state index in [2.05, 4.69) is 37.0 Å². The van der Waals surface area contributed by atoms with E-state index in [1.54, 1.807) is 12.4 Å². The van der Waals surface area contributed by atoms with Crippen LogP contribution in [0.4, 0.5) is 5.95 Å². The summed E-state index contributed by atoms with van der Waals surface area (Å²) in [5, 5.41) is 5.40. The van der Waals surface area contributed by atoms with E-state index < -0.39 is 0 Å². The first-order valence-corrected chi connectivity index (χ1v) is 9.58. The third-order valence-corrected chi connectivity index (χ3v) is 5.37. The maximum Gasteiger partial charge on any atom is 0.225 e. The van der Waals surface area contributed by atoms with Crippen molar-refractivity contribution < 1.29 is 0 Å². The normalized spacial score (nSPS) is 15.3. The van der Waals surface area contributed by atoms with Gasteiger partial charge >= 0.3 is 0 Å². The van der Waals surface area contributed by atoms with Crippen molar-refractivity contribution in [1.29, 1.82) is 0 Å². The van der Waals surface area contributed by atoms with E-state index >= 15 is 0 Å². The van der Waals surface area contributed by atoms with Crippen LogP contribution in [0.3, 0.4) is 0 Å². The summed E-state index contributed by atoms with van der Waals surface area (Å²) in [4.78, 5) is 13.3. The van der Waals surface area contributed by atoms with Gasteiger partial charge in [-0.2, -0.15) is 5.10 Å². The van der Waals surface area contributed by atoms with Gasteiger partial charge in [-0.3, -0.25) is 4.90 Å². The molecule has 0 unspecified atom stereocenters. The molecule has 1 saturated heterocycles. The molecular weight excluding hydrogens is 360 g/mol. The fourth-order valence-electron chi connectivity index (χ4n) is 3.42. The fraction of sp³-hybridized carbons (Fsp3) is 0.350. The number of rotatable bonds is 5. The van der Waals surface area contributed by atoms with Crippen molar-refractivity contribution in [3.05, 3.63) is 70.8 Å². The van der Waals surface area contributed by atoms with Gasteiger partial charge in [0.15, 0.2) is 0 Å². The lowest BCUT2D eigenvalue weighted by Gasteiger charge is -2.34. The second-order valence-corrected chi connectivity index (χ2v) is 7.17. The van der Waals surface area contributed by atoms with Gasteiger partial charge in [0.25, 0.3) is 0 Å². The van der Waals surface area contributed by atoms with E-state index in [9.17, 15) is 0 Å². The summed E-state index contributed by atoms with van der Waals surface area (Å²) in [7, 11) is 0. The molecule has 0 aliphatic carbocycles. The molecule has 1 aliphatic heterocycles. The van der Waals surface area contributed by atoms with Gasteiger partial charge in [0.05, 0.1) is 12.2 Å². The third kappa shape index (κ3) is 4.12. The first kappa shape index (κ1) is 17.9. The smallest absolute Gasteiger partial charge is 0.225 e. The van der Waals surface area contributed by atoms with Crippen LogP contribution in [0.2, 0.25) is 5.15 Å². The number of hydrogen-bond acceptors (Lipinski definition) is 5. The quantitative estimate of drug-likeness (QED) is 0.679. The van der Waals surface area contributed by atoms with E-state index in [0.717, 1.165) is 55.1 Å². The van der Waals surface area contributed by atoms with Gasteiger partial charge in [0.2, 0.25) is 5.95 Å². The molecule has 0 N–H and O–H groups in total. The van der Waals surface area contributed by atoms with Gasteiger partial charge in [0.1, 0.15) is 5.15 Å². The van der Waals surface area contributed by atoms with Crippen LogP contribution in [0.5, 0.6) is 0 Å². The van der Waals surface area contributed by atoms with Crippen molar-refractivity contribution in [2.24, 2.45) is 0 Å². The molecule has 27 heavy (non-hydrogen) atoms. The molecule has 2 aromatic heterocycles. The summed E-state index contributed by atoms with van der Waals surface area (Å²) in [6.07, 6.45) is 3.58. The maximum absolute atomic E-state index is 6.67. The number of halogens is 1. The lowest BCUT2D eigenvalue weighted by atomic mass is 10.2. The molecular formula is C20H23ClN6. The summed E-state index contributed by atoms with van der Waals surface area (Å²) in [6.45, 7) is 7.30. The zero-order valence-corrected chi connectivity index (χ0v) is 16.2. The van der Waals surface area contributed by atoms with Gasteiger partial charge in [-0.05, 0) is 18.6 Å². The van der Waals surface area contributed by atoms with Gasteiger partial charge in [0, 0.05) is 50.7 Å². The van der Waals surface area contributed by atoms with Crippen molar-refractivity contribution in [3.8, 4) is 0 Å². The molecule has 0 bridgehead atoms. The van der Waals surface area contributed by atoms with Crippen molar-refractivity contribution in [2.45, 2.75) is 20.0 Å². The number of anilines is 1. The minimum Gasteiger partial charge on any atom is -0.338 e. The molecule has 0 amide bonds. The Morgan fingerprint density at radius 2 is 1.63 bits per heavy atom. The van der Waals surface area contributed by atoms with Crippen LogP contribution in [0.15, 0.2) is 48.8 Å². The minimum atomic E-state index is 0.694. The fourth-order valence-corrected chi connectivity index (χ4v) is 3.71. The molecule has 1 fully saturated rings. The monoisotopic (exact) mass is 382 g/mol. The van der Waals surface area contributed by atoms with Gasteiger partial charge < -0.3 is 4.90 Å². The van der Waals surface area contributed by atoms with Gasteiger partial charge in [-0.25, -0.2) is 14.6 Å². The van der Waals surface area contributed by atoms with Crippen LogP contribution >= 0.6 is 11.6 Å². The summed E-state index contributed by atoms with van der Waals surface area (Å²) in [6, 6.07) is 12.1. The Kier molecular flexibility index (Phi) is 5.36. The van der Waals surface area contributed by atoms with Crippen LogP contribution in [-0.4, -0.2) is 50.8 Å². The molecule has 1 aliphatic rings.